The van der Waals surface area contributed by atoms with Crippen molar-refractivity contribution in [2.24, 2.45) is 0 Å². The van der Waals surface area contributed by atoms with E-state index < -0.39 is 6.09 Å². The van der Waals surface area contributed by atoms with Gasteiger partial charge >= 0.3 is 6.09 Å². The number of rotatable bonds is 5. The fourth-order valence-corrected chi connectivity index (χ4v) is 2.27. The van der Waals surface area contributed by atoms with Gasteiger partial charge in [0.1, 0.15) is 12.4 Å². The summed E-state index contributed by atoms with van der Waals surface area (Å²) in [6, 6.07) is 13.4. The number of benzene rings is 2. The molecule has 2 aromatic carbocycles. The van der Waals surface area contributed by atoms with E-state index in [0.29, 0.717) is 18.7 Å². The molecule has 2 aromatic rings. The molecule has 0 bridgehead atoms. The number of aryl methyl sites for hydroxylation is 2. The van der Waals surface area contributed by atoms with Crippen molar-refractivity contribution in [2.45, 2.75) is 26.9 Å². The van der Waals surface area contributed by atoms with Crippen LogP contribution in [0.4, 0.5) is 4.79 Å². The van der Waals surface area contributed by atoms with Crippen molar-refractivity contribution in [2.75, 3.05) is 6.54 Å². The lowest BCUT2D eigenvalue weighted by Crippen LogP contribution is -2.26. The zero-order valence-corrected chi connectivity index (χ0v) is 12.9. The van der Waals surface area contributed by atoms with E-state index in [4.69, 9.17) is 4.74 Å². The Morgan fingerprint density at radius 2 is 1.73 bits per heavy atom. The quantitative estimate of drug-likeness (QED) is 0.888. The van der Waals surface area contributed by atoms with E-state index in [9.17, 15) is 9.90 Å². The SMILES string of the molecule is Cc1cc(CCNC(=O)OCc2ccccc2)cc(C)c1O. The minimum absolute atomic E-state index is 0.268. The fraction of sp³-hybridized carbons (Fsp3) is 0.278. The normalized spacial score (nSPS) is 10.3. The summed E-state index contributed by atoms with van der Waals surface area (Å²) in [5.74, 6) is 0.332. The van der Waals surface area contributed by atoms with Crippen LogP contribution < -0.4 is 5.32 Å². The first-order valence-electron chi connectivity index (χ1n) is 7.30. The fourth-order valence-electron chi connectivity index (χ4n) is 2.27. The molecule has 4 nitrogen and oxygen atoms in total. The second kappa shape index (κ2) is 7.50. The van der Waals surface area contributed by atoms with Gasteiger partial charge in [0.05, 0.1) is 0 Å². The third kappa shape index (κ3) is 4.52. The van der Waals surface area contributed by atoms with E-state index in [-0.39, 0.29) is 6.61 Å². The summed E-state index contributed by atoms with van der Waals surface area (Å²) in [4.78, 5) is 11.6. The number of phenols is 1. The molecule has 22 heavy (non-hydrogen) atoms. The topological polar surface area (TPSA) is 58.6 Å². The van der Waals surface area contributed by atoms with Gasteiger partial charge in [-0.25, -0.2) is 4.79 Å². The molecular weight excluding hydrogens is 278 g/mol. The molecule has 2 rings (SSSR count). The number of ether oxygens (including phenoxy) is 1. The Labute approximate surface area is 130 Å². The highest BCUT2D eigenvalue weighted by Crippen LogP contribution is 2.22. The van der Waals surface area contributed by atoms with Crippen molar-refractivity contribution in [3.63, 3.8) is 0 Å². The first kappa shape index (κ1) is 15.9. The average Bonchev–Trinajstić information content (AvgIpc) is 2.51. The Balaban J connectivity index is 1.75. The summed E-state index contributed by atoms with van der Waals surface area (Å²) in [7, 11) is 0. The highest BCUT2D eigenvalue weighted by atomic mass is 16.5. The highest BCUT2D eigenvalue weighted by Gasteiger charge is 2.05. The van der Waals surface area contributed by atoms with Crippen LogP contribution in [0.25, 0.3) is 0 Å². The van der Waals surface area contributed by atoms with Gasteiger partial charge < -0.3 is 15.2 Å². The molecule has 0 heterocycles. The first-order valence-corrected chi connectivity index (χ1v) is 7.30. The van der Waals surface area contributed by atoms with Crippen molar-refractivity contribution in [1.29, 1.82) is 0 Å². The van der Waals surface area contributed by atoms with E-state index >= 15 is 0 Å². The van der Waals surface area contributed by atoms with Crippen LogP contribution in [-0.4, -0.2) is 17.7 Å². The molecule has 2 N–H and O–H groups in total. The molecule has 0 fully saturated rings. The van der Waals surface area contributed by atoms with Gasteiger partial charge in [-0.15, -0.1) is 0 Å². The van der Waals surface area contributed by atoms with E-state index in [1.54, 1.807) is 0 Å². The third-order valence-electron chi connectivity index (χ3n) is 3.45. The molecule has 0 saturated heterocycles. The first-order chi connectivity index (χ1) is 10.6. The van der Waals surface area contributed by atoms with Gasteiger partial charge in [-0.3, -0.25) is 0 Å². The molecule has 0 unspecified atom stereocenters. The monoisotopic (exact) mass is 299 g/mol. The third-order valence-corrected chi connectivity index (χ3v) is 3.45. The van der Waals surface area contributed by atoms with Crippen LogP contribution in [0.1, 0.15) is 22.3 Å². The van der Waals surface area contributed by atoms with Gasteiger partial charge in [0.25, 0.3) is 0 Å². The number of aromatic hydroxyl groups is 1. The van der Waals surface area contributed by atoms with Crippen LogP contribution in [0, 0.1) is 13.8 Å². The molecule has 0 spiro atoms. The number of carbonyl (C=O) groups is 1. The van der Waals surface area contributed by atoms with Crippen molar-refractivity contribution in [1.82, 2.24) is 5.32 Å². The molecule has 116 valence electrons. The maximum absolute atomic E-state index is 11.6. The second-order valence-corrected chi connectivity index (χ2v) is 5.32. The van der Waals surface area contributed by atoms with Crippen molar-refractivity contribution in [3.8, 4) is 5.75 Å². The average molecular weight is 299 g/mol. The number of nitrogens with one attached hydrogen (secondary N) is 1. The van der Waals surface area contributed by atoms with E-state index in [2.05, 4.69) is 5.32 Å². The number of amides is 1. The minimum Gasteiger partial charge on any atom is -0.507 e. The summed E-state index contributed by atoms with van der Waals surface area (Å²) in [6.45, 7) is 4.50. The standard InChI is InChI=1S/C18H21NO3/c1-13-10-16(11-14(2)17(13)20)8-9-19-18(21)22-12-15-6-4-3-5-7-15/h3-7,10-11,20H,8-9,12H2,1-2H3,(H,19,21). The molecule has 4 heteroatoms. The molecule has 0 aromatic heterocycles. The van der Waals surface area contributed by atoms with Crippen LogP contribution in [0.15, 0.2) is 42.5 Å². The maximum Gasteiger partial charge on any atom is 0.407 e. The van der Waals surface area contributed by atoms with E-state index in [1.165, 1.54) is 0 Å². The van der Waals surface area contributed by atoms with Gasteiger partial charge in [0.15, 0.2) is 0 Å². The Morgan fingerprint density at radius 1 is 1.09 bits per heavy atom. The van der Waals surface area contributed by atoms with Crippen LogP contribution in [0.3, 0.4) is 0 Å². The smallest absolute Gasteiger partial charge is 0.407 e. The largest absolute Gasteiger partial charge is 0.507 e. The van der Waals surface area contributed by atoms with Gasteiger partial charge in [-0.2, -0.15) is 0 Å². The summed E-state index contributed by atoms with van der Waals surface area (Å²) >= 11 is 0. The lowest BCUT2D eigenvalue weighted by molar-refractivity contribution is 0.140. The van der Waals surface area contributed by atoms with Crippen LogP contribution in [-0.2, 0) is 17.8 Å². The molecule has 0 saturated carbocycles. The number of alkyl carbamates (subject to hydrolysis) is 1. The molecule has 0 aliphatic carbocycles. The van der Waals surface area contributed by atoms with Crippen LogP contribution in [0.5, 0.6) is 5.75 Å². The number of hydrogen-bond donors (Lipinski definition) is 2. The predicted octanol–water partition coefficient (Wildman–Crippen LogP) is 3.48. The summed E-state index contributed by atoms with van der Waals surface area (Å²) in [5, 5.41) is 12.5. The Hall–Kier alpha value is -2.49. The number of hydrogen-bond acceptors (Lipinski definition) is 3. The van der Waals surface area contributed by atoms with Crippen LogP contribution in [0.2, 0.25) is 0 Å². The van der Waals surface area contributed by atoms with Crippen molar-refractivity contribution in [3.05, 3.63) is 64.7 Å². The molecular formula is C18H21NO3. The van der Waals surface area contributed by atoms with Crippen LogP contribution >= 0.6 is 0 Å². The van der Waals surface area contributed by atoms with Gasteiger partial charge in [0, 0.05) is 6.54 Å². The number of carbonyl (C=O) groups excluding carboxylic acids is 1. The summed E-state index contributed by atoms with van der Waals surface area (Å²) < 4.78 is 5.14. The highest BCUT2D eigenvalue weighted by molar-refractivity contribution is 5.67. The predicted molar refractivity (Wildman–Crippen MR) is 85.9 cm³/mol. The summed E-state index contributed by atoms with van der Waals surface area (Å²) in [6.07, 6.45) is 0.277. The second-order valence-electron chi connectivity index (χ2n) is 5.32. The molecule has 0 atom stereocenters. The summed E-state index contributed by atoms with van der Waals surface area (Å²) in [5.41, 5.74) is 3.74. The van der Waals surface area contributed by atoms with Crippen molar-refractivity contribution < 1.29 is 14.6 Å². The Morgan fingerprint density at radius 3 is 2.36 bits per heavy atom. The molecule has 0 aliphatic rings. The molecule has 0 aliphatic heterocycles. The lowest BCUT2D eigenvalue weighted by atomic mass is 10.0. The molecule has 1 amide bonds. The van der Waals surface area contributed by atoms with E-state index in [1.807, 2.05) is 56.3 Å². The zero-order chi connectivity index (χ0) is 15.9. The molecule has 0 radical (unpaired) electrons. The maximum atomic E-state index is 11.6. The zero-order valence-electron chi connectivity index (χ0n) is 12.9. The lowest BCUT2D eigenvalue weighted by Gasteiger charge is -2.09. The van der Waals surface area contributed by atoms with E-state index in [0.717, 1.165) is 22.3 Å². The van der Waals surface area contributed by atoms with Gasteiger partial charge in [-0.1, -0.05) is 42.5 Å². The minimum atomic E-state index is -0.420. The van der Waals surface area contributed by atoms with Gasteiger partial charge in [-0.05, 0) is 42.5 Å². The number of phenolic OH excluding ortho intramolecular Hbond substituents is 1. The van der Waals surface area contributed by atoms with Gasteiger partial charge in [0.2, 0.25) is 0 Å². The Bertz CT molecular complexity index is 615. The Kier molecular flexibility index (Phi) is 5.42. The van der Waals surface area contributed by atoms with Crippen molar-refractivity contribution >= 4 is 6.09 Å².